The van der Waals surface area contributed by atoms with Crippen molar-refractivity contribution >= 4 is 50.2 Å². The first-order valence-corrected chi connectivity index (χ1v) is 12.7. The van der Waals surface area contributed by atoms with E-state index in [4.69, 9.17) is 9.47 Å². The van der Waals surface area contributed by atoms with Gasteiger partial charge in [-0.15, -0.1) is 0 Å². The number of esters is 1. The molecule has 0 amide bonds. The van der Waals surface area contributed by atoms with E-state index in [0.29, 0.717) is 46.6 Å². The Labute approximate surface area is 208 Å². The number of fused-ring (bicyclic) bond motifs is 1. The second-order valence-electron chi connectivity index (χ2n) is 7.68. The van der Waals surface area contributed by atoms with Gasteiger partial charge in [0, 0.05) is 24.5 Å². The number of hydrogen-bond donors (Lipinski definition) is 4. The van der Waals surface area contributed by atoms with Gasteiger partial charge in [-0.25, -0.2) is 13.2 Å². The zero-order valence-electron chi connectivity index (χ0n) is 20.0. The quantitative estimate of drug-likeness (QED) is 0.233. The number of methoxy groups -OCH3 is 2. The molecule has 0 unspecified atom stereocenters. The number of nitrogens with zero attached hydrogens (tertiary/aromatic N) is 2. The van der Waals surface area contributed by atoms with Crippen molar-refractivity contribution in [3.63, 3.8) is 0 Å². The van der Waals surface area contributed by atoms with Crippen LogP contribution in [-0.2, 0) is 21.3 Å². The molecule has 0 aliphatic carbocycles. The first kappa shape index (κ1) is 24.8. The zero-order valence-corrected chi connectivity index (χ0v) is 20.8. The molecule has 2 aromatic carbocycles. The van der Waals surface area contributed by atoms with Crippen molar-refractivity contribution in [2.45, 2.75) is 13.5 Å². The molecule has 2 aromatic heterocycles. The van der Waals surface area contributed by atoms with Gasteiger partial charge in [-0.1, -0.05) is 18.2 Å². The van der Waals surface area contributed by atoms with Gasteiger partial charge in [0.2, 0.25) is 16.0 Å². The number of H-pyrrole nitrogens is 1. The molecule has 188 valence electrons. The number of sulfonamides is 1. The van der Waals surface area contributed by atoms with Gasteiger partial charge >= 0.3 is 5.97 Å². The van der Waals surface area contributed by atoms with E-state index in [-0.39, 0.29) is 5.75 Å². The van der Waals surface area contributed by atoms with Crippen molar-refractivity contribution in [1.82, 2.24) is 15.0 Å². The molecule has 12 heteroatoms. The first-order valence-electron chi connectivity index (χ1n) is 11.0. The highest BCUT2D eigenvalue weighted by molar-refractivity contribution is 7.92. The predicted molar refractivity (Wildman–Crippen MR) is 138 cm³/mol. The van der Waals surface area contributed by atoms with Crippen molar-refractivity contribution in [1.29, 1.82) is 0 Å². The van der Waals surface area contributed by atoms with E-state index in [2.05, 4.69) is 30.3 Å². The summed E-state index contributed by atoms with van der Waals surface area (Å²) in [5.41, 5.74) is 2.77. The molecule has 4 N–H and O–H groups in total. The Morgan fingerprint density at radius 2 is 1.89 bits per heavy atom. The van der Waals surface area contributed by atoms with E-state index in [1.807, 2.05) is 18.2 Å². The highest BCUT2D eigenvalue weighted by Gasteiger charge is 2.15. The summed E-state index contributed by atoms with van der Waals surface area (Å²) in [5, 5.41) is 7.18. The predicted octanol–water partition coefficient (Wildman–Crippen LogP) is 3.87. The lowest BCUT2D eigenvalue weighted by Crippen LogP contribution is -2.16. The molecule has 0 spiro atoms. The summed E-state index contributed by atoms with van der Waals surface area (Å²) in [4.78, 5) is 24.1. The van der Waals surface area contributed by atoms with Crippen LogP contribution in [0.5, 0.6) is 5.75 Å². The van der Waals surface area contributed by atoms with Gasteiger partial charge in [0.25, 0.3) is 0 Å². The molecular formula is C24H26N6O5S. The van der Waals surface area contributed by atoms with Crippen LogP contribution in [0.2, 0.25) is 0 Å². The molecule has 4 aromatic rings. The van der Waals surface area contributed by atoms with E-state index in [1.54, 1.807) is 43.5 Å². The van der Waals surface area contributed by atoms with Crippen LogP contribution >= 0.6 is 0 Å². The van der Waals surface area contributed by atoms with Crippen LogP contribution in [0.3, 0.4) is 0 Å². The standard InChI is InChI=1S/C24H26N6O5S/c1-4-36(32,33)30-19-8-6-5-7-15(19)14-26-22-18-11-12-25-21(18)28-24(29-22)27-16-9-10-17(23(31)35-3)20(13-16)34-2/h5-13,30H,4,14H2,1-3H3,(H3,25,26,27,28,29). The second-order valence-corrected chi connectivity index (χ2v) is 9.69. The fourth-order valence-electron chi connectivity index (χ4n) is 3.50. The number of ether oxygens (including phenoxy) is 2. The number of anilines is 4. The Bertz CT molecular complexity index is 1500. The Balaban J connectivity index is 1.60. The van der Waals surface area contributed by atoms with E-state index >= 15 is 0 Å². The maximum absolute atomic E-state index is 12.1. The molecular weight excluding hydrogens is 484 g/mol. The van der Waals surface area contributed by atoms with Gasteiger partial charge in [0.15, 0.2) is 0 Å². The van der Waals surface area contributed by atoms with Gasteiger partial charge in [0.1, 0.15) is 22.8 Å². The van der Waals surface area contributed by atoms with Crippen LogP contribution in [0.1, 0.15) is 22.8 Å². The van der Waals surface area contributed by atoms with Gasteiger partial charge in [0.05, 0.1) is 31.0 Å². The molecule has 0 aliphatic heterocycles. The molecule has 4 rings (SSSR count). The zero-order chi connectivity index (χ0) is 25.7. The maximum Gasteiger partial charge on any atom is 0.341 e. The summed E-state index contributed by atoms with van der Waals surface area (Å²) in [6.07, 6.45) is 1.76. The van der Waals surface area contributed by atoms with Gasteiger partial charge in [-0.05, 0) is 36.8 Å². The number of para-hydroxylation sites is 1. The van der Waals surface area contributed by atoms with Crippen LogP contribution < -0.4 is 20.1 Å². The smallest absolute Gasteiger partial charge is 0.341 e. The molecule has 0 fully saturated rings. The minimum Gasteiger partial charge on any atom is -0.496 e. The lowest BCUT2D eigenvalue weighted by molar-refractivity contribution is 0.0597. The van der Waals surface area contributed by atoms with Crippen molar-refractivity contribution < 1.29 is 22.7 Å². The van der Waals surface area contributed by atoms with Crippen molar-refractivity contribution in [3.05, 3.63) is 65.9 Å². The van der Waals surface area contributed by atoms with E-state index < -0.39 is 16.0 Å². The highest BCUT2D eigenvalue weighted by Crippen LogP contribution is 2.28. The van der Waals surface area contributed by atoms with E-state index in [0.717, 1.165) is 10.9 Å². The molecule has 0 saturated carbocycles. The summed E-state index contributed by atoms with van der Waals surface area (Å²) >= 11 is 0. The SMILES string of the molecule is CCS(=O)(=O)Nc1ccccc1CNc1nc(Nc2ccc(C(=O)OC)c(OC)c2)nc2[nH]ccc12. The normalized spacial score (nSPS) is 11.2. The van der Waals surface area contributed by atoms with Gasteiger partial charge < -0.3 is 25.1 Å². The third-order valence-electron chi connectivity index (χ3n) is 5.39. The summed E-state index contributed by atoms with van der Waals surface area (Å²) in [6, 6.07) is 13.9. The number of aromatic amines is 1. The second kappa shape index (κ2) is 10.5. The van der Waals surface area contributed by atoms with Gasteiger partial charge in [-0.3, -0.25) is 4.72 Å². The van der Waals surface area contributed by atoms with E-state index in [9.17, 15) is 13.2 Å². The van der Waals surface area contributed by atoms with Crippen molar-refractivity contribution in [3.8, 4) is 5.75 Å². The Morgan fingerprint density at radius 1 is 1.08 bits per heavy atom. The maximum atomic E-state index is 12.1. The third-order valence-corrected chi connectivity index (χ3v) is 6.68. The molecule has 0 atom stereocenters. The lowest BCUT2D eigenvalue weighted by atomic mass is 10.2. The molecule has 2 heterocycles. The van der Waals surface area contributed by atoms with Gasteiger partial charge in [-0.2, -0.15) is 9.97 Å². The summed E-state index contributed by atoms with van der Waals surface area (Å²) in [6.45, 7) is 1.90. The first-order chi connectivity index (χ1) is 17.3. The van der Waals surface area contributed by atoms with Crippen LogP contribution in [0.4, 0.5) is 23.1 Å². The topological polar surface area (TPSA) is 147 Å². The number of carbonyl (C=O) groups is 1. The minimum absolute atomic E-state index is 0.0227. The monoisotopic (exact) mass is 510 g/mol. The summed E-state index contributed by atoms with van der Waals surface area (Å²) in [7, 11) is -0.648. The molecule has 11 nitrogen and oxygen atoms in total. The number of benzene rings is 2. The molecule has 0 aliphatic rings. The molecule has 0 saturated heterocycles. The lowest BCUT2D eigenvalue weighted by Gasteiger charge is -2.14. The Morgan fingerprint density at radius 3 is 2.64 bits per heavy atom. The van der Waals surface area contributed by atoms with Crippen molar-refractivity contribution in [2.24, 2.45) is 0 Å². The average Bonchev–Trinajstić information content (AvgIpc) is 3.36. The number of hydrogen-bond acceptors (Lipinski definition) is 9. The number of aromatic nitrogens is 3. The number of nitrogens with one attached hydrogen (secondary N) is 4. The molecule has 0 bridgehead atoms. The highest BCUT2D eigenvalue weighted by atomic mass is 32.2. The molecule has 36 heavy (non-hydrogen) atoms. The summed E-state index contributed by atoms with van der Waals surface area (Å²) < 4.78 is 36.9. The number of rotatable bonds is 10. The molecule has 0 radical (unpaired) electrons. The Hall–Kier alpha value is -4.32. The van der Waals surface area contributed by atoms with Crippen molar-refractivity contribution in [2.75, 3.05) is 35.3 Å². The number of carbonyl (C=O) groups excluding carboxylic acids is 1. The average molecular weight is 511 g/mol. The van der Waals surface area contributed by atoms with E-state index in [1.165, 1.54) is 14.2 Å². The van der Waals surface area contributed by atoms with Crippen LogP contribution in [-0.4, -0.2) is 49.3 Å². The fourth-order valence-corrected chi connectivity index (χ4v) is 4.18. The van der Waals surface area contributed by atoms with Crippen LogP contribution in [0.25, 0.3) is 11.0 Å². The summed E-state index contributed by atoms with van der Waals surface area (Å²) in [5.74, 6) is 0.675. The fraction of sp³-hybridized carbons (Fsp3) is 0.208. The Kier molecular flexibility index (Phi) is 7.25. The van der Waals surface area contributed by atoms with Crippen LogP contribution in [0.15, 0.2) is 54.7 Å². The van der Waals surface area contributed by atoms with Crippen LogP contribution in [0, 0.1) is 0 Å². The minimum atomic E-state index is -3.42. The largest absolute Gasteiger partial charge is 0.496 e. The third kappa shape index (κ3) is 5.49.